The Labute approximate surface area is 277 Å². The molecule has 4 aromatic rings. The number of para-hydroxylation sites is 1. The van der Waals surface area contributed by atoms with Crippen molar-refractivity contribution in [1.82, 2.24) is 10.2 Å². The summed E-state index contributed by atoms with van der Waals surface area (Å²) < 4.78 is 34.9. The number of ether oxygens (including phenoxy) is 1. The Hall–Kier alpha value is -4.34. The van der Waals surface area contributed by atoms with Gasteiger partial charge in [-0.15, -0.1) is 0 Å². The molecular formula is C36H40ClN3O5S. The SMILES string of the molecule is CCOc1ccc(S(=O)(=O)N(CC(=O)N(Cc2cccc(Cl)c2)[C@@H](Cc2ccccc2)C(=O)NC(C)(C)C)c2ccccc2)cc1. The summed E-state index contributed by atoms with van der Waals surface area (Å²) in [5.74, 6) is -0.374. The van der Waals surface area contributed by atoms with Crippen LogP contribution in [0.15, 0.2) is 114 Å². The molecule has 4 rings (SSSR count). The highest BCUT2D eigenvalue weighted by Crippen LogP contribution is 2.26. The zero-order valence-corrected chi connectivity index (χ0v) is 28.1. The standard InChI is InChI=1S/C36H40ClN3O5S/c1-5-45-31-19-21-32(22-20-31)46(43,44)40(30-17-10-7-11-18-30)26-34(41)39(25-28-15-12-16-29(37)23-28)33(35(42)38-36(2,3)4)24-27-13-8-6-9-14-27/h6-23,33H,5,24-26H2,1-4H3,(H,38,42)/t33-/m0/s1. The topological polar surface area (TPSA) is 96.0 Å². The van der Waals surface area contributed by atoms with Gasteiger partial charge >= 0.3 is 0 Å². The van der Waals surface area contributed by atoms with Crippen LogP contribution in [0, 0.1) is 0 Å². The molecule has 0 aliphatic carbocycles. The normalized spacial score (nSPS) is 12.2. The quantitative estimate of drug-likeness (QED) is 0.177. The molecule has 8 nitrogen and oxygen atoms in total. The van der Waals surface area contributed by atoms with Crippen LogP contribution in [0.3, 0.4) is 0 Å². The van der Waals surface area contributed by atoms with E-state index in [1.807, 2.05) is 64.1 Å². The molecule has 0 spiro atoms. The molecule has 2 amide bonds. The average molecular weight is 662 g/mol. The Morgan fingerprint density at radius 3 is 2.04 bits per heavy atom. The number of nitrogens with zero attached hydrogens (tertiary/aromatic N) is 2. The Bertz CT molecular complexity index is 1710. The third kappa shape index (κ3) is 9.34. The zero-order valence-electron chi connectivity index (χ0n) is 26.5. The van der Waals surface area contributed by atoms with Crippen molar-refractivity contribution in [3.8, 4) is 5.75 Å². The minimum absolute atomic E-state index is 0.000286. The largest absolute Gasteiger partial charge is 0.494 e. The van der Waals surface area contributed by atoms with Crippen LogP contribution in [0.2, 0.25) is 5.02 Å². The van der Waals surface area contributed by atoms with Crippen LogP contribution in [0.25, 0.3) is 0 Å². The van der Waals surface area contributed by atoms with Crippen LogP contribution in [0.5, 0.6) is 5.75 Å². The lowest BCUT2D eigenvalue weighted by Gasteiger charge is -2.35. The van der Waals surface area contributed by atoms with Crippen molar-refractivity contribution in [3.05, 3.63) is 125 Å². The van der Waals surface area contributed by atoms with E-state index in [0.717, 1.165) is 9.87 Å². The molecule has 0 aromatic heterocycles. The Kier molecular flexibility index (Phi) is 11.5. The number of sulfonamides is 1. The minimum atomic E-state index is -4.22. The molecule has 1 atom stereocenters. The lowest BCUT2D eigenvalue weighted by Crippen LogP contribution is -2.56. The highest BCUT2D eigenvalue weighted by Gasteiger charge is 2.35. The number of halogens is 1. The predicted octanol–water partition coefficient (Wildman–Crippen LogP) is 6.49. The van der Waals surface area contributed by atoms with Gasteiger partial charge in [0.25, 0.3) is 10.0 Å². The lowest BCUT2D eigenvalue weighted by atomic mass is 10.0. The Morgan fingerprint density at radius 2 is 1.46 bits per heavy atom. The first kappa shape index (κ1) is 34.5. The molecule has 242 valence electrons. The molecule has 1 N–H and O–H groups in total. The van der Waals surface area contributed by atoms with E-state index in [1.54, 1.807) is 60.7 Å². The first-order valence-corrected chi connectivity index (χ1v) is 16.9. The van der Waals surface area contributed by atoms with E-state index in [4.69, 9.17) is 16.3 Å². The predicted molar refractivity (Wildman–Crippen MR) is 182 cm³/mol. The van der Waals surface area contributed by atoms with Crippen LogP contribution in [0.4, 0.5) is 5.69 Å². The number of hydrogen-bond donors (Lipinski definition) is 1. The fraction of sp³-hybridized carbons (Fsp3) is 0.278. The third-order valence-electron chi connectivity index (χ3n) is 7.06. The van der Waals surface area contributed by atoms with Gasteiger partial charge in [0.2, 0.25) is 11.8 Å². The van der Waals surface area contributed by atoms with Gasteiger partial charge in [-0.2, -0.15) is 0 Å². The summed E-state index contributed by atoms with van der Waals surface area (Å²) in [4.78, 5) is 29.9. The average Bonchev–Trinajstić information content (AvgIpc) is 3.02. The van der Waals surface area contributed by atoms with Crippen LogP contribution in [-0.2, 0) is 32.6 Å². The molecule has 0 saturated carbocycles. The van der Waals surface area contributed by atoms with Gasteiger partial charge in [0.05, 0.1) is 17.2 Å². The van der Waals surface area contributed by atoms with Gasteiger partial charge in [0, 0.05) is 23.5 Å². The van der Waals surface area contributed by atoms with E-state index in [9.17, 15) is 18.0 Å². The highest BCUT2D eigenvalue weighted by molar-refractivity contribution is 7.92. The number of nitrogens with one attached hydrogen (secondary N) is 1. The number of rotatable bonds is 13. The Morgan fingerprint density at radius 1 is 0.848 bits per heavy atom. The molecule has 46 heavy (non-hydrogen) atoms. The van der Waals surface area contributed by atoms with Gasteiger partial charge in [-0.05, 0) is 87.4 Å². The minimum Gasteiger partial charge on any atom is -0.494 e. The summed E-state index contributed by atoms with van der Waals surface area (Å²) in [6.07, 6.45) is 0.214. The van der Waals surface area contributed by atoms with Crippen molar-refractivity contribution in [1.29, 1.82) is 0 Å². The Balaban J connectivity index is 1.79. The molecule has 0 heterocycles. The van der Waals surface area contributed by atoms with Gasteiger partial charge in [-0.1, -0.05) is 72.3 Å². The third-order valence-corrected chi connectivity index (χ3v) is 9.08. The van der Waals surface area contributed by atoms with Gasteiger partial charge in [-0.3, -0.25) is 13.9 Å². The molecule has 0 saturated heterocycles. The molecule has 0 aliphatic heterocycles. The summed E-state index contributed by atoms with van der Waals surface area (Å²) in [5, 5.41) is 3.51. The van der Waals surface area contributed by atoms with Crippen LogP contribution >= 0.6 is 11.6 Å². The maximum atomic E-state index is 14.5. The molecule has 0 radical (unpaired) electrons. The molecule has 0 aliphatic rings. The van der Waals surface area contributed by atoms with E-state index < -0.39 is 34.1 Å². The number of benzene rings is 4. The van der Waals surface area contributed by atoms with E-state index in [0.29, 0.717) is 28.6 Å². The molecule has 0 bridgehead atoms. The number of hydrogen-bond acceptors (Lipinski definition) is 5. The number of carbonyl (C=O) groups excluding carboxylic acids is 2. The van der Waals surface area contributed by atoms with Crippen molar-refractivity contribution in [2.75, 3.05) is 17.5 Å². The van der Waals surface area contributed by atoms with E-state index in [2.05, 4.69) is 5.32 Å². The summed E-state index contributed by atoms with van der Waals surface area (Å²) in [7, 11) is -4.22. The number of amides is 2. The maximum Gasteiger partial charge on any atom is 0.264 e. The second-order valence-electron chi connectivity index (χ2n) is 11.8. The van der Waals surface area contributed by atoms with E-state index in [-0.39, 0.29) is 23.8 Å². The molecule has 10 heteroatoms. The van der Waals surface area contributed by atoms with Crippen LogP contribution in [0.1, 0.15) is 38.8 Å². The summed E-state index contributed by atoms with van der Waals surface area (Å²) in [6.45, 7) is 7.37. The molecule has 0 fully saturated rings. The summed E-state index contributed by atoms with van der Waals surface area (Å²) >= 11 is 6.31. The smallest absolute Gasteiger partial charge is 0.264 e. The van der Waals surface area contributed by atoms with Gasteiger partial charge in [0.1, 0.15) is 18.3 Å². The van der Waals surface area contributed by atoms with Gasteiger partial charge < -0.3 is 15.0 Å². The zero-order chi connectivity index (χ0) is 33.3. The molecule has 4 aromatic carbocycles. The number of carbonyl (C=O) groups is 2. The lowest BCUT2D eigenvalue weighted by molar-refractivity contribution is -0.140. The van der Waals surface area contributed by atoms with E-state index in [1.165, 1.54) is 17.0 Å². The van der Waals surface area contributed by atoms with Crippen molar-refractivity contribution < 1.29 is 22.7 Å². The van der Waals surface area contributed by atoms with Crippen molar-refractivity contribution in [3.63, 3.8) is 0 Å². The highest BCUT2D eigenvalue weighted by atomic mass is 35.5. The first-order valence-electron chi connectivity index (χ1n) is 15.1. The molecule has 0 unspecified atom stereocenters. The summed E-state index contributed by atoms with van der Waals surface area (Å²) in [6, 6.07) is 30.0. The van der Waals surface area contributed by atoms with Crippen molar-refractivity contribution in [2.24, 2.45) is 0 Å². The monoisotopic (exact) mass is 661 g/mol. The fourth-order valence-electron chi connectivity index (χ4n) is 4.96. The van der Waals surface area contributed by atoms with Gasteiger partial charge in [-0.25, -0.2) is 8.42 Å². The summed E-state index contributed by atoms with van der Waals surface area (Å²) in [5.41, 5.74) is 1.28. The van der Waals surface area contributed by atoms with E-state index >= 15 is 0 Å². The molecular weight excluding hydrogens is 622 g/mol. The van der Waals surface area contributed by atoms with Crippen molar-refractivity contribution in [2.45, 2.75) is 57.1 Å². The van der Waals surface area contributed by atoms with Crippen LogP contribution in [-0.4, -0.2) is 49.9 Å². The van der Waals surface area contributed by atoms with Crippen LogP contribution < -0.4 is 14.4 Å². The van der Waals surface area contributed by atoms with Gasteiger partial charge in [0.15, 0.2) is 0 Å². The number of anilines is 1. The second kappa shape index (κ2) is 15.3. The fourth-order valence-corrected chi connectivity index (χ4v) is 6.59. The maximum absolute atomic E-state index is 14.5. The first-order chi connectivity index (χ1) is 21.9. The van der Waals surface area contributed by atoms with Crippen molar-refractivity contribution >= 4 is 39.1 Å². The second-order valence-corrected chi connectivity index (χ2v) is 14.1.